The Morgan fingerprint density at radius 2 is 1.32 bits per heavy atom. The van der Waals surface area contributed by atoms with E-state index in [-0.39, 0.29) is 5.92 Å². The standard InChI is InChI=1S/C23H39NO4/c1-8-21(4,5)27-19(25)24(20(26)28-22(6,7)9-2)23-13-16-10-17(14-23)12-18(11-16)15(23)3/h15-18H,8-14H2,1-7H3. The molecule has 3 unspecified atom stereocenters. The summed E-state index contributed by atoms with van der Waals surface area (Å²) in [6, 6.07) is 0. The Morgan fingerprint density at radius 3 is 1.71 bits per heavy atom. The van der Waals surface area contributed by atoms with E-state index in [1.54, 1.807) is 0 Å². The zero-order valence-electron chi connectivity index (χ0n) is 18.8. The number of rotatable bonds is 5. The maximum atomic E-state index is 13.4. The Labute approximate surface area is 170 Å². The highest BCUT2D eigenvalue weighted by molar-refractivity contribution is 5.89. The zero-order chi connectivity index (χ0) is 20.9. The number of carbonyl (C=O) groups is 2. The predicted octanol–water partition coefficient (Wildman–Crippen LogP) is 6.15. The normalized spacial score (nSPS) is 34.2. The Balaban J connectivity index is 1.96. The van der Waals surface area contributed by atoms with Gasteiger partial charge in [-0.2, -0.15) is 0 Å². The molecule has 0 aromatic rings. The summed E-state index contributed by atoms with van der Waals surface area (Å²) in [5.41, 5.74) is -1.68. The monoisotopic (exact) mass is 393 g/mol. The van der Waals surface area contributed by atoms with Crippen molar-refractivity contribution in [2.75, 3.05) is 0 Å². The molecule has 0 radical (unpaired) electrons. The van der Waals surface area contributed by atoms with E-state index in [0.29, 0.717) is 30.6 Å². The fourth-order valence-electron chi connectivity index (χ4n) is 5.78. The quantitative estimate of drug-likeness (QED) is 0.562. The lowest BCUT2D eigenvalue weighted by Crippen LogP contribution is -2.68. The second-order valence-corrected chi connectivity index (χ2v) is 10.8. The second kappa shape index (κ2) is 7.21. The molecule has 28 heavy (non-hydrogen) atoms. The van der Waals surface area contributed by atoms with E-state index in [4.69, 9.17) is 9.47 Å². The maximum Gasteiger partial charge on any atom is 0.420 e. The minimum absolute atomic E-state index is 0.287. The molecule has 0 aliphatic heterocycles. The summed E-state index contributed by atoms with van der Waals surface area (Å²) >= 11 is 0. The molecule has 160 valence electrons. The molecular weight excluding hydrogens is 354 g/mol. The minimum atomic E-state index is -0.610. The highest BCUT2D eigenvalue weighted by Gasteiger charge is 2.61. The van der Waals surface area contributed by atoms with Crippen LogP contribution in [0.15, 0.2) is 0 Å². The molecule has 0 heterocycles. The molecule has 5 nitrogen and oxygen atoms in total. The van der Waals surface area contributed by atoms with Crippen LogP contribution in [-0.4, -0.2) is 33.8 Å². The average molecular weight is 394 g/mol. The first-order valence-electron chi connectivity index (χ1n) is 11.2. The number of amides is 2. The van der Waals surface area contributed by atoms with Gasteiger partial charge in [0.1, 0.15) is 11.2 Å². The molecule has 2 amide bonds. The van der Waals surface area contributed by atoms with Crippen LogP contribution < -0.4 is 0 Å². The van der Waals surface area contributed by atoms with Crippen molar-refractivity contribution in [3.63, 3.8) is 0 Å². The van der Waals surface area contributed by atoms with Gasteiger partial charge in [-0.15, -0.1) is 0 Å². The fourth-order valence-corrected chi connectivity index (χ4v) is 5.78. The number of hydrogen-bond donors (Lipinski definition) is 0. The first kappa shape index (κ1) is 21.4. The smallest absolute Gasteiger partial charge is 0.420 e. The van der Waals surface area contributed by atoms with Gasteiger partial charge in [-0.25, -0.2) is 14.5 Å². The Bertz CT molecular complexity index is 582. The SMILES string of the molecule is CCC(C)(C)OC(=O)N(C(=O)OC(C)(C)CC)C12CC3CC(CC(C3)C1C)C2. The van der Waals surface area contributed by atoms with E-state index in [2.05, 4.69) is 6.92 Å². The highest BCUT2D eigenvalue weighted by atomic mass is 16.6. The van der Waals surface area contributed by atoms with Gasteiger partial charge in [0.25, 0.3) is 0 Å². The molecule has 4 aliphatic carbocycles. The lowest BCUT2D eigenvalue weighted by atomic mass is 9.48. The maximum absolute atomic E-state index is 13.4. The van der Waals surface area contributed by atoms with Crippen molar-refractivity contribution in [3.05, 3.63) is 0 Å². The van der Waals surface area contributed by atoms with Gasteiger partial charge in [-0.3, -0.25) is 0 Å². The van der Waals surface area contributed by atoms with Crippen molar-refractivity contribution in [2.24, 2.45) is 23.7 Å². The summed E-state index contributed by atoms with van der Waals surface area (Å²) in [5.74, 6) is 2.09. The van der Waals surface area contributed by atoms with E-state index in [9.17, 15) is 9.59 Å². The van der Waals surface area contributed by atoms with Crippen molar-refractivity contribution >= 4 is 12.2 Å². The first-order valence-corrected chi connectivity index (χ1v) is 11.2. The molecule has 4 rings (SSSR count). The third-order valence-corrected chi connectivity index (χ3v) is 8.02. The number of ether oxygens (including phenoxy) is 2. The van der Waals surface area contributed by atoms with Gasteiger partial charge in [-0.1, -0.05) is 20.8 Å². The van der Waals surface area contributed by atoms with Crippen LogP contribution in [-0.2, 0) is 9.47 Å². The molecule has 4 saturated carbocycles. The summed E-state index contributed by atoms with van der Waals surface area (Å²) in [7, 11) is 0. The van der Waals surface area contributed by atoms with Gasteiger partial charge < -0.3 is 9.47 Å². The zero-order valence-corrected chi connectivity index (χ0v) is 18.8. The topological polar surface area (TPSA) is 55.8 Å². The Hall–Kier alpha value is -1.26. The lowest BCUT2D eigenvalue weighted by Gasteiger charge is -2.62. The van der Waals surface area contributed by atoms with Crippen LogP contribution in [0.1, 0.15) is 93.4 Å². The van der Waals surface area contributed by atoms with Crippen LogP contribution in [0.25, 0.3) is 0 Å². The molecule has 0 saturated heterocycles. The van der Waals surface area contributed by atoms with Gasteiger partial charge in [0.2, 0.25) is 0 Å². The average Bonchev–Trinajstić information content (AvgIpc) is 2.58. The van der Waals surface area contributed by atoms with Gasteiger partial charge in [0, 0.05) is 0 Å². The summed E-state index contributed by atoms with van der Waals surface area (Å²) in [6.45, 7) is 13.8. The number of nitrogens with zero attached hydrogens (tertiary/aromatic N) is 1. The Kier molecular flexibility index (Phi) is 5.52. The molecule has 4 bridgehead atoms. The summed E-state index contributed by atoms with van der Waals surface area (Å²) in [6.07, 6.45) is 5.82. The number of imide groups is 1. The highest BCUT2D eigenvalue weighted by Crippen LogP contribution is 2.60. The van der Waals surface area contributed by atoms with Crippen LogP contribution in [0.2, 0.25) is 0 Å². The summed E-state index contributed by atoms with van der Waals surface area (Å²) < 4.78 is 11.7. The van der Waals surface area contributed by atoms with Gasteiger partial charge in [0.15, 0.2) is 0 Å². The van der Waals surface area contributed by atoms with Crippen molar-refractivity contribution < 1.29 is 19.1 Å². The molecule has 0 N–H and O–H groups in total. The second-order valence-electron chi connectivity index (χ2n) is 10.8. The first-order chi connectivity index (χ1) is 12.9. The summed E-state index contributed by atoms with van der Waals surface area (Å²) in [5, 5.41) is 0. The van der Waals surface area contributed by atoms with Crippen LogP contribution in [0.4, 0.5) is 9.59 Å². The van der Waals surface area contributed by atoms with Crippen molar-refractivity contribution in [1.29, 1.82) is 0 Å². The fraction of sp³-hybridized carbons (Fsp3) is 0.913. The molecule has 3 atom stereocenters. The van der Waals surface area contributed by atoms with Gasteiger partial charge in [0.05, 0.1) is 5.54 Å². The lowest BCUT2D eigenvalue weighted by molar-refractivity contribution is -0.125. The molecule has 4 aliphatic rings. The minimum Gasteiger partial charge on any atom is -0.443 e. The molecule has 4 fully saturated rings. The van der Waals surface area contributed by atoms with Crippen LogP contribution in [0, 0.1) is 23.7 Å². The van der Waals surface area contributed by atoms with E-state index in [1.807, 2.05) is 41.5 Å². The van der Waals surface area contributed by atoms with Crippen LogP contribution >= 0.6 is 0 Å². The molecule has 0 spiro atoms. The van der Waals surface area contributed by atoms with Crippen molar-refractivity contribution in [2.45, 2.75) is 110 Å². The van der Waals surface area contributed by atoms with Gasteiger partial charge >= 0.3 is 12.2 Å². The van der Waals surface area contributed by atoms with E-state index < -0.39 is 28.9 Å². The molecular formula is C23H39NO4. The molecule has 0 aromatic heterocycles. The van der Waals surface area contributed by atoms with Crippen molar-refractivity contribution in [3.8, 4) is 0 Å². The van der Waals surface area contributed by atoms with E-state index >= 15 is 0 Å². The summed E-state index contributed by atoms with van der Waals surface area (Å²) in [4.78, 5) is 28.2. The Morgan fingerprint density at radius 1 is 0.893 bits per heavy atom. The van der Waals surface area contributed by atoms with E-state index in [0.717, 1.165) is 12.8 Å². The predicted molar refractivity (Wildman–Crippen MR) is 109 cm³/mol. The third kappa shape index (κ3) is 3.78. The van der Waals surface area contributed by atoms with Crippen LogP contribution in [0.3, 0.4) is 0 Å². The van der Waals surface area contributed by atoms with Crippen molar-refractivity contribution in [1.82, 2.24) is 4.90 Å². The third-order valence-electron chi connectivity index (χ3n) is 8.02. The number of hydrogen-bond acceptors (Lipinski definition) is 4. The van der Waals surface area contributed by atoms with Crippen LogP contribution in [0.5, 0.6) is 0 Å². The van der Waals surface area contributed by atoms with Gasteiger partial charge in [-0.05, 0) is 96.3 Å². The number of carbonyl (C=O) groups excluding carboxylic acids is 2. The molecule has 0 aromatic carbocycles. The van der Waals surface area contributed by atoms with E-state index in [1.165, 1.54) is 24.2 Å². The molecule has 5 heteroatoms. The largest absolute Gasteiger partial charge is 0.443 e.